The van der Waals surface area contributed by atoms with Crippen LogP contribution in [-0.2, 0) is 11.0 Å². The Hall–Kier alpha value is -1.24. The molecule has 0 fully saturated rings. The van der Waals surface area contributed by atoms with Gasteiger partial charge in [0.05, 0.1) is 0 Å². The number of rotatable bonds is 3. The van der Waals surface area contributed by atoms with E-state index in [2.05, 4.69) is 4.74 Å². The monoisotopic (exact) mass is 226 g/mol. The molecular weight excluding hydrogens is 221 g/mol. The van der Waals surface area contributed by atoms with Gasteiger partial charge in [0.25, 0.3) is 0 Å². The van der Waals surface area contributed by atoms with Crippen LogP contribution in [0, 0.1) is 0 Å². The van der Waals surface area contributed by atoms with Crippen molar-refractivity contribution in [1.29, 1.82) is 0 Å². The summed E-state index contributed by atoms with van der Waals surface area (Å²) in [6.45, 7) is -0.641. The van der Waals surface area contributed by atoms with Crippen molar-refractivity contribution in [3.05, 3.63) is 17.0 Å². The fraction of sp³-hybridized carbons (Fsp3) is 0.286. The van der Waals surface area contributed by atoms with Crippen molar-refractivity contribution in [1.82, 2.24) is 0 Å². The molecule has 0 aliphatic rings. The Morgan fingerprint density at radius 3 is 2.57 bits per heavy atom. The first-order valence-electron chi connectivity index (χ1n) is 3.41. The fourth-order valence-corrected chi connectivity index (χ4v) is 1.41. The normalized spacial score (nSPS) is 11.4. The number of hydrogen-bond acceptors (Lipinski definition) is 3. The van der Waals surface area contributed by atoms with E-state index in [0.717, 1.165) is 12.1 Å². The highest BCUT2D eigenvalue weighted by Crippen LogP contribution is 2.37. The SMILES string of the molecule is O=C(O)COc1ccc(C(F)(F)F)s1. The third-order valence-corrected chi connectivity index (χ3v) is 2.24. The molecule has 0 saturated heterocycles. The summed E-state index contributed by atoms with van der Waals surface area (Å²) in [5, 5.41) is 8.14. The highest BCUT2D eigenvalue weighted by molar-refractivity contribution is 7.13. The maximum atomic E-state index is 12.0. The van der Waals surface area contributed by atoms with Gasteiger partial charge < -0.3 is 9.84 Å². The lowest BCUT2D eigenvalue weighted by Gasteiger charge is -2.01. The minimum atomic E-state index is -4.41. The molecule has 0 aliphatic carbocycles. The summed E-state index contributed by atoms with van der Waals surface area (Å²) in [7, 11) is 0. The number of ether oxygens (including phenoxy) is 1. The molecule has 1 rings (SSSR count). The lowest BCUT2D eigenvalue weighted by molar-refractivity contribution is -0.139. The van der Waals surface area contributed by atoms with E-state index in [1.807, 2.05) is 0 Å². The van der Waals surface area contributed by atoms with Gasteiger partial charge in [-0.3, -0.25) is 0 Å². The first-order chi connectivity index (χ1) is 6.39. The van der Waals surface area contributed by atoms with Crippen LogP contribution in [0.4, 0.5) is 13.2 Å². The predicted molar refractivity (Wildman–Crippen MR) is 42.5 cm³/mol. The molecule has 0 aromatic carbocycles. The molecular formula is C7H5F3O3S. The second kappa shape index (κ2) is 3.87. The van der Waals surface area contributed by atoms with Gasteiger partial charge in [0.1, 0.15) is 4.88 Å². The van der Waals surface area contributed by atoms with Crippen LogP contribution in [0.3, 0.4) is 0 Å². The van der Waals surface area contributed by atoms with Crippen LogP contribution in [0.15, 0.2) is 12.1 Å². The summed E-state index contributed by atoms with van der Waals surface area (Å²) >= 11 is 0.371. The first kappa shape index (κ1) is 10.8. The molecule has 1 aromatic rings. The van der Waals surface area contributed by atoms with E-state index in [1.165, 1.54) is 0 Å². The standard InChI is InChI=1S/C7H5F3O3S/c8-7(9,10)4-1-2-6(14-4)13-3-5(11)12/h1-2H,3H2,(H,11,12). The van der Waals surface area contributed by atoms with Crippen LogP contribution in [0.1, 0.15) is 4.88 Å². The molecule has 0 bridgehead atoms. The summed E-state index contributed by atoms with van der Waals surface area (Å²) in [6, 6.07) is 1.94. The van der Waals surface area contributed by atoms with Crippen LogP contribution in [-0.4, -0.2) is 17.7 Å². The number of carboxylic acid groups (broad SMARTS) is 1. The molecule has 78 valence electrons. The van der Waals surface area contributed by atoms with E-state index >= 15 is 0 Å². The highest BCUT2D eigenvalue weighted by Gasteiger charge is 2.32. The third-order valence-electron chi connectivity index (χ3n) is 1.20. The molecule has 0 unspecified atom stereocenters. The van der Waals surface area contributed by atoms with Gasteiger partial charge in [-0.1, -0.05) is 11.3 Å². The van der Waals surface area contributed by atoms with Gasteiger partial charge in [-0.05, 0) is 12.1 Å². The lowest BCUT2D eigenvalue weighted by atomic mass is 10.5. The molecule has 0 atom stereocenters. The quantitative estimate of drug-likeness (QED) is 0.859. The number of halogens is 3. The van der Waals surface area contributed by atoms with Gasteiger partial charge in [0.2, 0.25) is 0 Å². The Bertz CT molecular complexity index is 331. The van der Waals surface area contributed by atoms with Crippen LogP contribution >= 0.6 is 11.3 Å². The number of aliphatic carboxylic acids is 1. The smallest absolute Gasteiger partial charge is 0.425 e. The van der Waals surface area contributed by atoms with E-state index in [1.54, 1.807) is 0 Å². The molecule has 1 aromatic heterocycles. The lowest BCUT2D eigenvalue weighted by Crippen LogP contribution is -2.08. The van der Waals surface area contributed by atoms with E-state index < -0.39 is 23.6 Å². The summed E-state index contributed by atoms with van der Waals surface area (Å²) in [5.41, 5.74) is 0. The molecule has 0 saturated carbocycles. The van der Waals surface area contributed by atoms with Gasteiger partial charge >= 0.3 is 12.1 Å². The number of alkyl halides is 3. The Morgan fingerprint density at radius 2 is 2.14 bits per heavy atom. The maximum Gasteiger partial charge on any atom is 0.425 e. The minimum absolute atomic E-state index is 0.0558. The van der Waals surface area contributed by atoms with Gasteiger partial charge in [0, 0.05) is 0 Å². The number of thiophene rings is 1. The zero-order valence-electron chi connectivity index (χ0n) is 6.67. The molecule has 0 radical (unpaired) electrons. The van der Waals surface area contributed by atoms with Gasteiger partial charge in [-0.15, -0.1) is 0 Å². The van der Waals surface area contributed by atoms with Crippen LogP contribution in [0.2, 0.25) is 0 Å². The molecule has 1 N–H and O–H groups in total. The molecule has 0 spiro atoms. The summed E-state index contributed by atoms with van der Waals surface area (Å²) in [5.74, 6) is -1.23. The van der Waals surface area contributed by atoms with Crippen molar-refractivity contribution >= 4 is 17.3 Å². The highest BCUT2D eigenvalue weighted by atomic mass is 32.1. The minimum Gasteiger partial charge on any atom is -0.479 e. The van der Waals surface area contributed by atoms with Crippen LogP contribution in [0.5, 0.6) is 5.06 Å². The Balaban J connectivity index is 2.64. The number of carbonyl (C=O) groups is 1. The average Bonchev–Trinajstić information content (AvgIpc) is 2.47. The molecule has 3 nitrogen and oxygen atoms in total. The van der Waals surface area contributed by atoms with Gasteiger partial charge in [-0.2, -0.15) is 13.2 Å². The van der Waals surface area contributed by atoms with E-state index in [9.17, 15) is 18.0 Å². The van der Waals surface area contributed by atoms with Gasteiger partial charge in [0.15, 0.2) is 11.7 Å². The van der Waals surface area contributed by atoms with E-state index in [-0.39, 0.29) is 5.06 Å². The summed E-state index contributed by atoms with van der Waals surface area (Å²) in [4.78, 5) is 9.23. The number of carboxylic acids is 1. The van der Waals surface area contributed by atoms with Crippen molar-refractivity contribution in [2.75, 3.05) is 6.61 Å². The van der Waals surface area contributed by atoms with E-state index in [4.69, 9.17) is 5.11 Å². The second-order valence-corrected chi connectivity index (χ2v) is 3.35. The van der Waals surface area contributed by atoms with Crippen molar-refractivity contribution in [2.24, 2.45) is 0 Å². The van der Waals surface area contributed by atoms with Gasteiger partial charge in [-0.25, -0.2) is 4.79 Å². The Morgan fingerprint density at radius 1 is 1.50 bits per heavy atom. The van der Waals surface area contributed by atoms with Crippen molar-refractivity contribution in [3.63, 3.8) is 0 Å². The fourth-order valence-electron chi connectivity index (χ4n) is 0.683. The molecule has 7 heteroatoms. The largest absolute Gasteiger partial charge is 0.479 e. The van der Waals surface area contributed by atoms with E-state index in [0.29, 0.717) is 11.3 Å². The molecule has 1 heterocycles. The number of hydrogen-bond donors (Lipinski definition) is 1. The topological polar surface area (TPSA) is 46.5 Å². The first-order valence-corrected chi connectivity index (χ1v) is 4.23. The Kier molecular flexibility index (Phi) is 3.00. The van der Waals surface area contributed by atoms with Crippen molar-refractivity contribution < 1.29 is 27.8 Å². The van der Waals surface area contributed by atoms with Crippen molar-refractivity contribution in [2.45, 2.75) is 6.18 Å². The summed E-state index contributed by atoms with van der Waals surface area (Å²) < 4.78 is 40.7. The van der Waals surface area contributed by atoms with Crippen LogP contribution in [0.25, 0.3) is 0 Å². The molecule has 14 heavy (non-hydrogen) atoms. The maximum absolute atomic E-state index is 12.0. The zero-order chi connectivity index (χ0) is 10.8. The summed E-state index contributed by atoms with van der Waals surface area (Å²) in [6.07, 6.45) is -4.41. The average molecular weight is 226 g/mol. The Labute approximate surface area is 80.7 Å². The second-order valence-electron chi connectivity index (χ2n) is 2.30. The third kappa shape index (κ3) is 2.91. The van der Waals surface area contributed by atoms with Crippen LogP contribution < -0.4 is 4.74 Å². The zero-order valence-corrected chi connectivity index (χ0v) is 7.48. The molecule has 0 amide bonds. The van der Waals surface area contributed by atoms with Crippen molar-refractivity contribution in [3.8, 4) is 5.06 Å². The predicted octanol–water partition coefficient (Wildman–Crippen LogP) is 2.23. The molecule has 0 aliphatic heterocycles.